The van der Waals surface area contributed by atoms with Crippen molar-refractivity contribution in [1.29, 1.82) is 0 Å². The van der Waals surface area contributed by atoms with Gasteiger partial charge in [-0.3, -0.25) is 9.59 Å². The molecule has 1 N–H and O–H groups in total. The topological polar surface area (TPSA) is 85.6 Å². The number of hydrogen-bond acceptors (Lipinski definition) is 6. The van der Waals surface area contributed by atoms with E-state index in [2.05, 4.69) is 36.2 Å². The number of nitrogens with zero attached hydrogens (tertiary/aromatic N) is 3. The largest absolute Gasteiger partial charge is 0.497 e. The van der Waals surface area contributed by atoms with E-state index in [1.165, 1.54) is 21.9 Å². The molecule has 1 amide bonds. The highest BCUT2D eigenvalue weighted by Gasteiger charge is 2.15. The fourth-order valence-electron chi connectivity index (χ4n) is 3.19. The summed E-state index contributed by atoms with van der Waals surface area (Å²) in [5.74, 6) is 0.534. The van der Waals surface area contributed by atoms with Gasteiger partial charge in [0.25, 0.3) is 11.5 Å². The molecule has 4 aromatic rings. The number of ether oxygens (including phenoxy) is 1. The van der Waals surface area contributed by atoms with E-state index in [1.54, 1.807) is 7.11 Å². The zero-order chi connectivity index (χ0) is 22.9. The smallest absolute Gasteiger partial charge is 0.275 e. The molecule has 0 fully saturated rings. The van der Waals surface area contributed by atoms with Crippen LogP contribution in [0.5, 0.6) is 5.75 Å². The molecule has 0 aliphatic heterocycles. The molecule has 2 aromatic carbocycles. The van der Waals surface area contributed by atoms with Gasteiger partial charge >= 0.3 is 0 Å². The van der Waals surface area contributed by atoms with Crippen molar-refractivity contribution in [3.63, 3.8) is 0 Å². The average Bonchev–Trinajstić information content (AvgIpc) is 3.22. The lowest BCUT2D eigenvalue weighted by Crippen LogP contribution is -2.25. The number of hydrogen-bond donors (Lipinski definition) is 1. The molecule has 8 heteroatoms. The fourth-order valence-corrected chi connectivity index (χ4v) is 4.12. The molecule has 2 aromatic heterocycles. The third-order valence-electron chi connectivity index (χ3n) is 5.08. The molecule has 32 heavy (non-hydrogen) atoms. The summed E-state index contributed by atoms with van der Waals surface area (Å²) in [6.07, 6.45) is 0. The van der Waals surface area contributed by atoms with Gasteiger partial charge in [-0.2, -0.15) is 9.61 Å². The number of nitrogens with one attached hydrogen (secondary N) is 1. The zero-order valence-electron chi connectivity index (χ0n) is 18.4. The average molecular weight is 449 g/mol. The van der Waals surface area contributed by atoms with Crippen molar-refractivity contribution in [2.45, 2.75) is 32.7 Å². The van der Waals surface area contributed by atoms with Crippen molar-refractivity contribution in [3.8, 4) is 16.3 Å². The number of rotatable bonds is 5. The first-order valence-corrected chi connectivity index (χ1v) is 11.0. The van der Waals surface area contributed by atoms with E-state index in [4.69, 9.17) is 4.74 Å². The van der Waals surface area contributed by atoms with Gasteiger partial charge in [0.1, 0.15) is 10.8 Å². The van der Waals surface area contributed by atoms with Crippen LogP contribution in [0.1, 0.15) is 42.4 Å². The minimum absolute atomic E-state index is 0.0238. The number of aromatic nitrogens is 3. The summed E-state index contributed by atoms with van der Waals surface area (Å²) < 4.78 is 6.46. The van der Waals surface area contributed by atoms with E-state index in [0.717, 1.165) is 16.9 Å². The summed E-state index contributed by atoms with van der Waals surface area (Å²) in [7, 11) is 1.61. The number of benzene rings is 2. The first-order valence-electron chi connectivity index (χ1n) is 10.2. The van der Waals surface area contributed by atoms with E-state index in [1.807, 2.05) is 48.5 Å². The SMILES string of the molecule is COc1ccc(-c2nn3c(=O)cc(CNC(=O)c4ccc(C(C)(C)C)cc4)nc3s2)cc1. The standard InChI is InChI=1S/C24H24N4O3S/c1-24(2,3)17-9-5-15(6-10-17)21(30)25-14-18-13-20(29)28-23(26-18)32-22(27-28)16-7-11-19(31-4)12-8-16/h5-13H,14H2,1-4H3,(H,25,30). The highest BCUT2D eigenvalue weighted by atomic mass is 32.1. The number of methoxy groups -OCH3 is 1. The van der Waals surface area contributed by atoms with Crippen LogP contribution in [-0.2, 0) is 12.0 Å². The van der Waals surface area contributed by atoms with Crippen LogP contribution in [0, 0.1) is 0 Å². The molecule has 0 bridgehead atoms. The van der Waals surface area contributed by atoms with Gasteiger partial charge in [0, 0.05) is 17.2 Å². The van der Waals surface area contributed by atoms with E-state index in [9.17, 15) is 9.59 Å². The van der Waals surface area contributed by atoms with Crippen molar-refractivity contribution in [3.05, 3.63) is 81.8 Å². The number of carbonyl (C=O) groups excluding carboxylic acids is 1. The number of amides is 1. The molecule has 0 saturated heterocycles. The molecule has 4 rings (SSSR count). The van der Waals surface area contributed by atoms with Crippen molar-refractivity contribution in [2.24, 2.45) is 0 Å². The van der Waals surface area contributed by atoms with Crippen LogP contribution >= 0.6 is 11.3 Å². The van der Waals surface area contributed by atoms with Gasteiger partial charge in [-0.25, -0.2) is 4.98 Å². The molecule has 0 radical (unpaired) electrons. The molecule has 0 atom stereocenters. The number of carbonyl (C=O) groups is 1. The van der Waals surface area contributed by atoms with Gasteiger partial charge < -0.3 is 10.1 Å². The van der Waals surface area contributed by atoms with Crippen LogP contribution in [0.3, 0.4) is 0 Å². The Bertz CT molecular complexity index is 1320. The Hall–Kier alpha value is -3.52. The third-order valence-corrected chi connectivity index (χ3v) is 6.04. The highest BCUT2D eigenvalue weighted by molar-refractivity contribution is 7.19. The summed E-state index contributed by atoms with van der Waals surface area (Å²) in [4.78, 5) is 30.0. The van der Waals surface area contributed by atoms with E-state index >= 15 is 0 Å². The van der Waals surface area contributed by atoms with E-state index in [-0.39, 0.29) is 23.4 Å². The van der Waals surface area contributed by atoms with Gasteiger partial charge in [-0.1, -0.05) is 44.2 Å². The minimum atomic E-state index is -0.287. The zero-order valence-corrected chi connectivity index (χ0v) is 19.2. The van der Waals surface area contributed by atoms with Gasteiger partial charge in [0.05, 0.1) is 19.3 Å². The van der Waals surface area contributed by atoms with Gasteiger partial charge in [0.15, 0.2) is 0 Å². The quantitative estimate of drug-likeness (QED) is 0.498. The van der Waals surface area contributed by atoms with Crippen LogP contribution < -0.4 is 15.6 Å². The second kappa shape index (κ2) is 8.55. The predicted octanol–water partition coefficient (Wildman–Crippen LogP) is 4.05. The second-order valence-electron chi connectivity index (χ2n) is 8.43. The van der Waals surface area contributed by atoms with Crippen LogP contribution in [-0.4, -0.2) is 27.6 Å². The monoisotopic (exact) mass is 448 g/mol. The van der Waals surface area contributed by atoms with Gasteiger partial charge in [0.2, 0.25) is 4.96 Å². The van der Waals surface area contributed by atoms with Crippen LogP contribution in [0.15, 0.2) is 59.4 Å². The second-order valence-corrected chi connectivity index (χ2v) is 9.38. The summed E-state index contributed by atoms with van der Waals surface area (Å²) >= 11 is 1.31. The molecule has 7 nitrogen and oxygen atoms in total. The van der Waals surface area contributed by atoms with Gasteiger partial charge in [-0.15, -0.1) is 0 Å². The first-order chi connectivity index (χ1) is 15.2. The Balaban J connectivity index is 1.51. The molecular formula is C24H24N4O3S. The Morgan fingerprint density at radius 1 is 1.09 bits per heavy atom. The molecule has 0 unspecified atom stereocenters. The molecule has 0 spiro atoms. The molecule has 2 heterocycles. The summed E-state index contributed by atoms with van der Waals surface area (Å²) in [5.41, 5.74) is 2.82. The predicted molar refractivity (Wildman–Crippen MR) is 125 cm³/mol. The molecule has 0 aliphatic rings. The third kappa shape index (κ3) is 4.55. The maximum atomic E-state index is 12.5. The highest BCUT2D eigenvalue weighted by Crippen LogP contribution is 2.26. The first kappa shape index (κ1) is 21.7. The molecular weight excluding hydrogens is 424 g/mol. The minimum Gasteiger partial charge on any atom is -0.497 e. The lowest BCUT2D eigenvalue weighted by atomic mass is 9.87. The lowest BCUT2D eigenvalue weighted by Gasteiger charge is -2.19. The summed E-state index contributed by atoms with van der Waals surface area (Å²) in [6.45, 7) is 6.53. The Morgan fingerprint density at radius 3 is 2.41 bits per heavy atom. The normalized spacial score (nSPS) is 11.5. The van der Waals surface area contributed by atoms with Crippen LogP contribution in [0.2, 0.25) is 0 Å². The Kier molecular flexibility index (Phi) is 5.80. The summed E-state index contributed by atoms with van der Waals surface area (Å²) in [6, 6.07) is 16.4. The Morgan fingerprint density at radius 2 is 1.78 bits per heavy atom. The van der Waals surface area contributed by atoms with Crippen LogP contribution in [0.25, 0.3) is 15.5 Å². The lowest BCUT2D eigenvalue weighted by molar-refractivity contribution is 0.0950. The number of fused-ring (bicyclic) bond motifs is 1. The van der Waals surface area contributed by atoms with Crippen molar-refractivity contribution < 1.29 is 9.53 Å². The molecule has 0 aliphatic carbocycles. The van der Waals surface area contributed by atoms with Crippen LogP contribution in [0.4, 0.5) is 0 Å². The Labute approximate surface area is 189 Å². The van der Waals surface area contributed by atoms with E-state index < -0.39 is 0 Å². The maximum absolute atomic E-state index is 12.5. The maximum Gasteiger partial charge on any atom is 0.275 e. The molecule has 0 saturated carbocycles. The van der Waals surface area contributed by atoms with Gasteiger partial charge in [-0.05, 0) is 47.4 Å². The fraction of sp³-hybridized carbons (Fsp3) is 0.250. The van der Waals surface area contributed by atoms with Crippen molar-refractivity contribution in [1.82, 2.24) is 19.9 Å². The summed E-state index contributed by atoms with van der Waals surface area (Å²) in [5, 5.41) is 7.90. The molecule has 164 valence electrons. The van der Waals surface area contributed by atoms with Crippen molar-refractivity contribution >= 4 is 22.2 Å². The van der Waals surface area contributed by atoms with E-state index in [0.29, 0.717) is 21.2 Å². The van der Waals surface area contributed by atoms with Crippen molar-refractivity contribution in [2.75, 3.05) is 7.11 Å².